The predicted molar refractivity (Wildman–Crippen MR) is 51.1 cm³/mol. The van der Waals surface area contributed by atoms with Crippen LogP contribution in [-0.4, -0.2) is 17.5 Å². The lowest BCUT2D eigenvalue weighted by molar-refractivity contribution is 0.643. The topological polar surface area (TPSA) is 15.9 Å². The van der Waals surface area contributed by atoms with Gasteiger partial charge in [0.25, 0.3) is 0 Å². The van der Waals surface area contributed by atoms with E-state index in [2.05, 4.69) is 22.8 Å². The lowest BCUT2D eigenvalue weighted by atomic mass is 10.6. The van der Waals surface area contributed by atoms with Gasteiger partial charge in [0.05, 0.1) is 0 Å². The minimum Gasteiger partial charge on any atom is -0.211 e. The smallest absolute Gasteiger partial charge is 0.211 e. The van der Waals surface area contributed by atoms with Crippen molar-refractivity contribution in [2.45, 2.75) is 20.8 Å². The number of aryl methyl sites for hydroxylation is 1. The van der Waals surface area contributed by atoms with Crippen molar-refractivity contribution in [3.63, 3.8) is 0 Å². The van der Waals surface area contributed by atoms with Gasteiger partial charge >= 0.3 is 3.98 Å². The maximum atomic E-state index is 4.25. The van der Waals surface area contributed by atoms with Crippen molar-refractivity contribution < 1.29 is 0 Å². The van der Waals surface area contributed by atoms with E-state index in [1.165, 1.54) is 3.98 Å². The molecule has 0 saturated heterocycles. The van der Waals surface area contributed by atoms with Gasteiger partial charge in [-0.2, -0.15) is 4.37 Å². The van der Waals surface area contributed by atoms with Crippen LogP contribution in [0.3, 0.4) is 0 Å². The minimum absolute atomic E-state index is 1.08. The van der Waals surface area contributed by atoms with Gasteiger partial charge in [0, 0.05) is 11.5 Å². The van der Waals surface area contributed by atoms with Crippen LogP contribution in [0.25, 0.3) is 0 Å². The van der Waals surface area contributed by atoms with Crippen molar-refractivity contribution in [1.82, 2.24) is 8.95 Å². The van der Waals surface area contributed by atoms with Gasteiger partial charge in [-0.25, -0.2) is 4.58 Å². The lowest BCUT2D eigenvalue weighted by Crippen LogP contribution is -2.25. The van der Waals surface area contributed by atoms with E-state index in [1.807, 2.05) is 6.92 Å². The van der Waals surface area contributed by atoms with Crippen molar-refractivity contribution >= 4 is 22.9 Å². The molecule has 1 aromatic heterocycles. The molecule has 0 amide bonds. The Morgan fingerprint density at radius 1 is 1.36 bits per heavy atom. The summed E-state index contributed by atoms with van der Waals surface area (Å²) in [5, 5.41) is 1.16. The average molecular weight is 189 g/mol. The van der Waals surface area contributed by atoms with Crippen LogP contribution in [0, 0.1) is 6.92 Å². The summed E-state index contributed by atoms with van der Waals surface area (Å²) in [5.74, 6) is 0. The van der Waals surface area contributed by atoms with Gasteiger partial charge < -0.3 is 0 Å². The molecule has 2 nitrogen and oxygen atoms in total. The standard InChI is InChI=1S/C7H13N2S2/c1-4-9(5-2)7-10-6(3)8-11-7/h4-5H2,1-3H3/q+1. The molecule has 62 valence electrons. The van der Waals surface area contributed by atoms with Crippen molar-refractivity contribution in [2.24, 2.45) is 0 Å². The van der Waals surface area contributed by atoms with Gasteiger partial charge in [-0.3, -0.25) is 0 Å². The van der Waals surface area contributed by atoms with Gasteiger partial charge in [-0.15, -0.1) is 0 Å². The molecular weight excluding hydrogens is 176 g/mol. The number of aromatic nitrogens is 1. The van der Waals surface area contributed by atoms with E-state index in [0.29, 0.717) is 0 Å². The molecule has 0 unspecified atom stereocenters. The summed E-state index contributed by atoms with van der Waals surface area (Å²) >= 11 is 3.38. The van der Waals surface area contributed by atoms with Crippen LogP contribution in [0.5, 0.6) is 0 Å². The molecule has 0 spiro atoms. The molecule has 0 saturated carbocycles. The summed E-state index contributed by atoms with van der Waals surface area (Å²) < 4.78 is 7.91. The van der Waals surface area contributed by atoms with Gasteiger partial charge in [0.15, 0.2) is 0 Å². The second-order valence-electron chi connectivity index (χ2n) is 2.24. The highest BCUT2D eigenvalue weighted by atomic mass is 32.2. The van der Waals surface area contributed by atoms with Gasteiger partial charge in [-0.05, 0) is 32.1 Å². The number of hydrogen-bond donors (Lipinski definition) is 0. The van der Waals surface area contributed by atoms with Crippen molar-refractivity contribution in [3.05, 3.63) is 8.99 Å². The zero-order valence-corrected chi connectivity index (χ0v) is 8.76. The van der Waals surface area contributed by atoms with E-state index < -0.39 is 0 Å². The normalized spacial score (nSPS) is 10.1. The molecule has 0 radical (unpaired) electrons. The van der Waals surface area contributed by atoms with Crippen LogP contribution < -0.4 is 8.56 Å². The first kappa shape index (κ1) is 8.87. The number of hydrogen-bond acceptors (Lipinski definition) is 3. The molecule has 1 rings (SSSR count). The van der Waals surface area contributed by atoms with Crippen LogP contribution in [0.15, 0.2) is 0 Å². The zero-order valence-electron chi connectivity index (χ0n) is 7.13. The highest BCUT2D eigenvalue weighted by Gasteiger charge is 2.02. The third-order valence-electron chi connectivity index (χ3n) is 1.51. The van der Waals surface area contributed by atoms with E-state index in [-0.39, 0.29) is 0 Å². The van der Waals surface area contributed by atoms with Crippen LogP contribution in [-0.2, 0) is 0 Å². The Labute approximate surface area is 75.0 Å². The average Bonchev–Trinajstić information content (AvgIpc) is 2.39. The Hall–Kier alpha value is -0.220. The van der Waals surface area contributed by atoms with Gasteiger partial charge in [0.2, 0.25) is 0 Å². The van der Waals surface area contributed by atoms with E-state index in [4.69, 9.17) is 0 Å². The summed E-state index contributed by atoms with van der Waals surface area (Å²) in [5.41, 5.74) is 0. The first-order valence-corrected chi connectivity index (χ1v) is 5.38. The third kappa shape index (κ3) is 2.10. The highest BCUT2D eigenvalue weighted by Crippen LogP contribution is 1.97. The molecule has 0 fully saturated rings. The van der Waals surface area contributed by atoms with E-state index >= 15 is 0 Å². The van der Waals surface area contributed by atoms with Gasteiger partial charge in [0.1, 0.15) is 18.1 Å². The Morgan fingerprint density at radius 2 is 2.00 bits per heavy atom. The molecule has 1 aromatic rings. The Bertz CT molecular complexity index is 279. The molecule has 1 heterocycles. The van der Waals surface area contributed by atoms with Crippen molar-refractivity contribution in [2.75, 3.05) is 13.1 Å². The fraction of sp³-hybridized carbons (Fsp3) is 0.714. The second kappa shape index (κ2) is 3.97. The molecular formula is C7H13N2S2+. The molecule has 0 aliphatic carbocycles. The summed E-state index contributed by atoms with van der Waals surface area (Å²) in [7, 11) is 0. The Morgan fingerprint density at radius 3 is 2.36 bits per heavy atom. The van der Waals surface area contributed by atoms with Gasteiger partial charge in [-0.1, -0.05) is 0 Å². The quantitative estimate of drug-likeness (QED) is 0.641. The van der Waals surface area contributed by atoms with E-state index in [9.17, 15) is 0 Å². The van der Waals surface area contributed by atoms with Crippen molar-refractivity contribution in [1.29, 1.82) is 0 Å². The fourth-order valence-corrected chi connectivity index (χ4v) is 2.97. The van der Waals surface area contributed by atoms with E-state index in [1.54, 1.807) is 22.9 Å². The summed E-state index contributed by atoms with van der Waals surface area (Å²) in [6.07, 6.45) is 0. The predicted octanol–water partition coefficient (Wildman–Crippen LogP) is 1.33. The molecule has 0 N–H and O–H groups in total. The maximum Gasteiger partial charge on any atom is 0.333 e. The maximum absolute atomic E-state index is 4.25. The minimum atomic E-state index is 1.08. The lowest BCUT2D eigenvalue weighted by Gasteiger charge is -1.89. The summed E-state index contributed by atoms with van der Waals surface area (Å²) in [4.78, 5) is 0. The first-order valence-electron chi connectivity index (χ1n) is 3.79. The number of rotatable bonds is 2. The largest absolute Gasteiger partial charge is 0.333 e. The fourth-order valence-electron chi connectivity index (χ4n) is 0.871. The van der Waals surface area contributed by atoms with Crippen LogP contribution in [0.4, 0.5) is 0 Å². The molecule has 0 aliphatic rings. The van der Waals surface area contributed by atoms with Crippen LogP contribution in [0.2, 0.25) is 0 Å². The SMILES string of the molecule is CC[N+](CC)=c1snc(C)s1. The summed E-state index contributed by atoms with van der Waals surface area (Å²) in [6, 6.07) is 0. The first-order chi connectivity index (χ1) is 5.27. The zero-order chi connectivity index (χ0) is 8.27. The number of nitrogens with zero attached hydrogens (tertiary/aromatic N) is 2. The highest BCUT2D eigenvalue weighted by molar-refractivity contribution is 7.23. The van der Waals surface area contributed by atoms with Crippen LogP contribution >= 0.6 is 22.9 Å². The molecule has 0 atom stereocenters. The monoisotopic (exact) mass is 189 g/mol. The molecule has 4 heteroatoms. The molecule has 0 bridgehead atoms. The third-order valence-corrected chi connectivity index (χ3v) is 3.70. The molecule has 0 aromatic carbocycles. The molecule has 11 heavy (non-hydrogen) atoms. The Kier molecular flexibility index (Phi) is 3.20. The Balaban J connectivity index is 3.12. The van der Waals surface area contributed by atoms with Crippen molar-refractivity contribution in [3.8, 4) is 0 Å². The molecule has 0 aliphatic heterocycles. The summed E-state index contributed by atoms with van der Waals surface area (Å²) in [6.45, 7) is 8.55. The van der Waals surface area contributed by atoms with E-state index in [0.717, 1.165) is 18.1 Å². The second-order valence-corrected chi connectivity index (χ2v) is 4.43. The van der Waals surface area contributed by atoms with Crippen LogP contribution in [0.1, 0.15) is 18.9 Å².